The van der Waals surface area contributed by atoms with Crippen molar-refractivity contribution in [3.8, 4) is 0 Å². The van der Waals surface area contributed by atoms with Crippen LogP contribution in [0.15, 0.2) is 12.1 Å². The summed E-state index contributed by atoms with van der Waals surface area (Å²) in [6, 6.07) is 1.81. The summed E-state index contributed by atoms with van der Waals surface area (Å²) in [5.74, 6) is -1.67. The number of rotatable bonds is 5. The van der Waals surface area contributed by atoms with Crippen LogP contribution in [0.5, 0.6) is 0 Å². The maximum atomic E-state index is 13.9. The van der Waals surface area contributed by atoms with Crippen molar-refractivity contribution in [2.75, 3.05) is 5.32 Å². The summed E-state index contributed by atoms with van der Waals surface area (Å²) in [5, 5.41) is 5.44. The van der Waals surface area contributed by atoms with Crippen LogP contribution in [0.2, 0.25) is 0 Å². The molecule has 112 valence electrons. The number of aryl methyl sites for hydroxylation is 1. The number of halogens is 2. The summed E-state index contributed by atoms with van der Waals surface area (Å²) in [6.07, 6.45) is 0.763. The van der Waals surface area contributed by atoms with E-state index in [-0.39, 0.29) is 17.1 Å². The van der Waals surface area contributed by atoms with Gasteiger partial charge in [-0.25, -0.2) is 8.78 Å². The van der Waals surface area contributed by atoms with E-state index in [1.807, 2.05) is 20.8 Å². The molecule has 3 nitrogen and oxygen atoms in total. The number of amides is 1. The second-order valence-electron chi connectivity index (χ2n) is 5.65. The van der Waals surface area contributed by atoms with Gasteiger partial charge in [-0.05, 0) is 45.7 Å². The zero-order chi connectivity index (χ0) is 15.5. The van der Waals surface area contributed by atoms with Crippen molar-refractivity contribution in [2.45, 2.75) is 52.6 Å². The number of hydrogen-bond donors (Lipinski definition) is 2. The Morgan fingerprint density at radius 2 is 1.95 bits per heavy atom. The molecule has 0 radical (unpaired) electrons. The highest BCUT2D eigenvalue weighted by Crippen LogP contribution is 2.22. The van der Waals surface area contributed by atoms with Crippen LogP contribution in [-0.2, 0) is 4.79 Å². The molecule has 1 aromatic rings. The molecule has 1 amide bonds. The van der Waals surface area contributed by atoms with Crippen LogP contribution in [0.4, 0.5) is 14.5 Å². The highest BCUT2D eigenvalue weighted by atomic mass is 19.1. The van der Waals surface area contributed by atoms with Gasteiger partial charge in [0, 0.05) is 5.54 Å². The van der Waals surface area contributed by atoms with Gasteiger partial charge in [-0.2, -0.15) is 0 Å². The van der Waals surface area contributed by atoms with Crippen molar-refractivity contribution >= 4 is 11.6 Å². The van der Waals surface area contributed by atoms with E-state index in [9.17, 15) is 13.6 Å². The van der Waals surface area contributed by atoms with Crippen LogP contribution >= 0.6 is 0 Å². The average molecular weight is 284 g/mol. The zero-order valence-corrected chi connectivity index (χ0v) is 12.6. The molecule has 1 aromatic carbocycles. The smallest absolute Gasteiger partial charge is 0.242 e. The second kappa shape index (κ2) is 6.20. The minimum atomic E-state index is -0.730. The van der Waals surface area contributed by atoms with Gasteiger partial charge in [0.2, 0.25) is 5.91 Å². The largest absolute Gasteiger partial charge is 0.369 e. The third kappa shape index (κ3) is 3.92. The Bertz CT molecular complexity index is 501. The number of carbonyl (C=O) groups is 1. The molecule has 0 fully saturated rings. The van der Waals surface area contributed by atoms with Crippen LogP contribution in [0.1, 0.15) is 39.7 Å². The lowest BCUT2D eigenvalue weighted by Crippen LogP contribution is -2.48. The predicted molar refractivity (Wildman–Crippen MR) is 76.7 cm³/mol. The minimum absolute atomic E-state index is 0.262. The molecule has 0 aliphatic carbocycles. The average Bonchev–Trinajstić information content (AvgIpc) is 2.38. The lowest BCUT2D eigenvalue weighted by Gasteiger charge is -2.27. The fourth-order valence-electron chi connectivity index (χ4n) is 1.60. The van der Waals surface area contributed by atoms with E-state index in [1.54, 1.807) is 13.8 Å². The Morgan fingerprint density at radius 3 is 2.50 bits per heavy atom. The first-order valence-corrected chi connectivity index (χ1v) is 6.71. The number of nitrogens with one attached hydrogen (secondary N) is 2. The van der Waals surface area contributed by atoms with Crippen LogP contribution in [0, 0.1) is 18.6 Å². The molecule has 0 heterocycles. The van der Waals surface area contributed by atoms with Gasteiger partial charge in [-0.15, -0.1) is 0 Å². The van der Waals surface area contributed by atoms with Crippen molar-refractivity contribution in [3.05, 3.63) is 29.3 Å². The number of hydrogen-bond acceptors (Lipinski definition) is 2. The molecule has 0 aromatic heterocycles. The molecular weight excluding hydrogens is 262 g/mol. The predicted octanol–water partition coefficient (Wildman–Crippen LogP) is 3.38. The van der Waals surface area contributed by atoms with Gasteiger partial charge in [0.1, 0.15) is 17.5 Å². The summed E-state index contributed by atoms with van der Waals surface area (Å²) in [7, 11) is 0. The highest BCUT2D eigenvalue weighted by Gasteiger charge is 2.23. The Balaban J connectivity index is 2.84. The van der Waals surface area contributed by atoms with Crippen LogP contribution in [-0.4, -0.2) is 17.5 Å². The standard InChI is InChI=1S/C15H22F2N2O/c1-6-15(4,5)19-14(20)10(3)18-13-11(16)8-7-9(2)12(13)17/h7-8,10,18H,6H2,1-5H3,(H,19,20). The summed E-state index contributed by atoms with van der Waals surface area (Å²) < 4.78 is 27.5. The first-order chi connectivity index (χ1) is 9.18. The van der Waals surface area contributed by atoms with Crippen molar-refractivity contribution in [3.63, 3.8) is 0 Å². The molecule has 1 rings (SSSR count). The number of carbonyl (C=O) groups excluding carboxylic acids is 1. The molecule has 20 heavy (non-hydrogen) atoms. The van der Waals surface area contributed by atoms with Gasteiger partial charge in [0.25, 0.3) is 0 Å². The molecule has 0 aliphatic rings. The van der Waals surface area contributed by atoms with E-state index < -0.39 is 17.7 Å². The van der Waals surface area contributed by atoms with Gasteiger partial charge >= 0.3 is 0 Å². The quantitative estimate of drug-likeness (QED) is 0.870. The topological polar surface area (TPSA) is 41.1 Å². The highest BCUT2D eigenvalue weighted by molar-refractivity contribution is 5.84. The van der Waals surface area contributed by atoms with Crippen molar-refractivity contribution in [1.82, 2.24) is 5.32 Å². The van der Waals surface area contributed by atoms with E-state index in [0.29, 0.717) is 5.56 Å². The number of anilines is 1. The van der Waals surface area contributed by atoms with Crippen molar-refractivity contribution in [1.29, 1.82) is 0 Å². The van der Waals surface area contributed by atoms with E-state index in [1.165, 1.54) is 12.1 Å². The normalized spacial score (nSPS) is 12.9. The monoisotopic (exact) mass is 284 g/mol. The fourth-order valence-corrected chi connectivity index (χ4v) is 1.60. The number of benzene rings is 1. The van der Waals surface area contributed by atoms with Gasteiger partial charge in [0.05, 0.1) is 0 Å². The molecule has 5 heteroatoms. The Kier molecular flexibility index (Phi) is 5.09. The molecule has 0 saturated heterocycles. The van der Waals surface area contributed by atoms with E-state index in [4.69, 9.17) is 0 Å². The summed E-state index contributed by atoms with van der Waals surface area (Å²) in [6.45, 7) is 8.86. The lowest BCUT2D eigenvalue weighted by molar-refractivity contribution is -0.123. The second-order valence-corrected chi connectivity index (χ2v) is 5.65. The molecule has 0 aliphatic heterocycles. The first-order valence-electron chi connectivity index (χ1n) is 6.71. The Labute approximate surface area is 118 Å². The third-order valence-electron chi connectivity index (χ3n) is 3.38. The SMILES string of the molecule is CCC(C)(C)NC(=O)C(C)Nc1c(F)ccc(C)c1F. The van der Waals surface area contributed by atoms with Crippen LogP contribution in [0.25, 0.3) is 0 Å². The summed E-state index contributed by atoms with van der Waals surface area (Å²) in [4.78, 5) is 12.0. The Morgan fingerprint density at radius 1 is 1.35 bits per heavy atom. The maximum Gasteiger partial charge on any atom is 0.242 e. The molecule has 1 unspecified atom stereocenters. The molecule has 0 saturated carbocycles. The molecular formula is C15H22F2N2O. The molecule has 0 bridgehead atoms. The summed E-state index contributed by atoms with van der Waals surface area (Å²) >= 11 is 0. The van der Waals surface area contributed by atoms with Crippen LogP contribution < -0.4 is 10.6 Å². The van der Waals surface area contributed by atoms with Gasteiger partial charge in [-0.1, -0.05) is 13.0 Å². The van der Waals surface area contributed by atoms with Crippen molar-refractivity contribution in [2.24, 2.45) is 0 Å². The summed E-state index contributed by atoms with van der Waals surface area (Å²) in [5.41, 5.74) is -0.283. The zero-order valence-electron chi connectivity index (χ0n) is 12.6. The van der Waals surface area contributed by atoms with Crippen LogP contribution in [0.3, 0.4) is 0 Å². The van der Waals surface area contributed by atoms with Gasteiger partial charge in [0.15, 0.2) is 5.82 Å². The minimum Gasteiger partial charge on any atom is -0.369 e. The van der Waals surface area contributed by atoms with E-state index in [0.717, 1.165) is 6.42 Å². The fraction of sp³-hybridized carbons (Fsp3) is 0.533. The van der Waals surface area contributed by atoms with Gasteiger partial charge < -0.3 is 10.6 Å². The maximum absolute atomic E-state index is 13.9. The molecule has 2 N–H and O–H groups in total. The molecule has 0 spiro atoms. The van der Waals surface area contributed by atoms with Crippen molar-refractivity contribution < 1.29 is 13.6 Å². The van der Waals surface area contributed by atoms with E-state index >= 15 is 0 Å². The third-order valence-corrected chi connectivity index (χ3v) is 3.38. The first kappa shape index (κ1) is 16.4. The van der Waals surface area contributed by atoms with E-state index in [2.05, 4.69) is 10.6 Å². The molecule has 1 atom stereocenters. The Hall–Kier alpha value is -1.65. The van der Waals surface area contributed by atoms with Gasteiger partial charge in [-0.3, -0.25) is 4.79 Å². The lowest BCUT2D eigenvalue weighted by atomic mass is 10.0.